The zero-order chi connectivity index (χ0) is 15.4. The Hall–Kier alpha value is -1.80. The Labute approximate surface area is 128 Å². The summed E-state index contributed by atoms with van der Waals surface area (Å²) >= 11 is 0. The van der Waals surface area contributed by atoms with Gasteiger partial charge in [0.1, 0.15) is 0 Å². The van der Waals surface area contributed by atoms with Gasteiger partial charge in [-0.05, 0) is 41.2 Å². The quantitative estimate of drug-likeness (QED) is 0.898. The Morgan fingerprint density at radius 1 is 0.952 bits per heavy atom. The van der Waals surface area contributed by atoms with Crippen LogP contribution in [0.2, 0.25) is 0 Å². The van der Waals surface area contributed by atoms with Gasteiger partial charge in [-0.1, -0.05) is 50.2 Å². The van der Waals surface area contributed by atoms with Gasteiger partial charge < -0.3 is 10.6 Å². The predicted octanol–water partition coefficient (Wildman–Crippen LogP) is 4.00. The molecule has 2 N–H and O–H groups in total. The molecule has 0 aliphatic carbocycles. The molecule has 21 heavy (non-hydrogen) atoms. The van der Waals surface area contributed by atoms with Gasteiger partial charge >= 0.3 is 0 Å². The standard InChI is InChI=1S/C19H26N2/c1-14(2)12-15-6-5-7-17(13-15)19(20)16-8-10-18(11-9-16)21(3)4/h5-11,13-14,19H,12,20H2,1-4H3. The highest BCUT2D eigenvalue weighted by Crippen LogP contribution is 2.23. The lowest BCUT2D eigenvalue weighted by molar-refractivity contribution is 0.646. The first kappa shape index (κ1) is 15.6. The second-order valence-corrected chi connectivity index (χ2v) is 6.31. The summed E-state index contributed by atoms with van der Waals surface area (Å²) in [6.07, 6.45) is 1.10. The largest absolute Gasteiger partial charge is 0.378 e. The second-order valence-electron chi connectivity index (χ2n) is 6.31. The van der Waals surface area contributed by atoms with E-state index < -0.39 is 0 Å². The van der Waals surface area contributed by atoms with E-state index >= 15 is 0 Å². The number of nitrogens with two attached hydrogens (primary N) is 1. The van der Waals surface area contributed by atoms with Gasteiger partial charge in [0.05, 0.1) is 6.04 Å². The molecule has 112 valence electrons. The van der Waals surface area contributed by atoms with E-state index in [4.69, 9.17) is 5.73 Å². The fourth-order valence-corrected chi connectivity index (χ4v) is 2.56. The Kier molecular flexibility index (Phi) is 5.03. The number of hydrogen-bond donors (Lipinski definition) is 1. The van der Waals surface area contributed by atoms with Crippen LogP contribution in [0.4, 0.5) is 5.69 Å². The maximum atomic E-state index is 6.43. The monoisotopic (exact) mass is 282 g/mol. The maximum absolute atomic E-state index is 6.43. The molecular formula is C19H26N2. The lowest BCUT2D eigenvalue weighted by atomic mass is 9.95. The van der Waals surface area contributed by atoms with Crippen LogP contribution < -0.4 is 10.6 Å². The van der Waals surface area contributed by atoms with Crippen molar-refractivity contribution >= 4 is 5.69 Å². The predicted molar refractivity (Wildman–Crippen MR) is 91.8 cm³/mol. The third kappa shape index (κ3) is 4.08. The van der Waals surface area contributed by atoms with Crippen LogP contribution in [-0.4, -0.2) is 14.1 Å². The van der Waals surface area contributed by atoms with Crippen LogP contribution in [0.3, 0.4) is 0 Å². The van der Waals surface area contributed by atoms with Crippen molar-refractivity contribution in [3.05, 3.63) is 65.2 Å². The van der Waals surface area contributed by atoms with Crippen molar-refractivity contribution < 1.29 is 0 Å². The van der Waals surface area contributed by atoms with Crippen molar-refractivity contribution in [1.29, 1.82) is 0 Å². The van der Waals surface area contributed by atoms with Gasteiger partial charge in [-0.25, -0.2) is 0 Å². The zero-order valence-corrected chi connectivity index (χ0v) is 13.5. The Balaban J connectivity index is 2.20. The Bertz CT molecular complexity index is 570. The third-order valence-corrected chi connectivity index (χ3v) is 3.72. The number of anilines is 1. The van der Waals surface area contributed by atoms with Crippen LogP contribution in [0.1, 0.15) is 36.6 Å². The van der Waals surface area contributed by atoms with Crippen LogP contribution in [0.15, 0.2) is 48.5 Å². The van der Waals surface area contributed by atoms with Gasteiger partial charge in [0, 0.05) is 19.8 Å². The summed E-state index contributed by atoms with van der Waals surface area (Å²) < 4.78 is 0. The normalized spacial score (nSPS) is 12.5. The summed E-state index contributed by atoms with van der Waals surface area (Å²) in [4.78, 5) is 2.10. The minimum absolute atomic E-state index is 0.0617. The van der Waals surface area contributed by atoms with Crippen molar-refractivity contribution in [2.24, 2.45) is 11.7 Å². The molecule has 2 heteroatoms. The highest BCUT2D eigenvalue weighted by atomic mass is 15.1. The molecule has 2 rings (SSSR count). The molecule has 0 spiro atoms. The fraction of sp³-hybridized carbons (Fsp3) is 0.368. The number of rotatable bonds is 5. The van der Waals surface area contributed by atoms with E-state index in [1.54, 1.807) is 0 Å². The van der Waals surface area contributed by atoms with Gasteiger partial charge in [0.25, 0.3) is 0 Å². The first-order chi connectivity index (χ1) is 9.97. The van der Waals surface area contributed by atoms with E-state index in [-0.39, 0.29) is 6.04 Å². The van der Waals surface area contributed by atoms with E-state index in [1.807, 2.05) is 14.1 Å². The average Bonchev–Trinajstić information content (AvgIpc) is 2.46. The van der Waals surface area contributed by atoms with Crippen molar-refractivity contribution in [2.75, 3.05) is 19.0 Å². The van der Waals surface area contributed by atoms with E-state index in [9.17, 15) is 0 Å². The number of nitrogens with zero attached hydrogens (tertiary/aromatic N) is 1. The van der Waals surface area contributed by atoms with Gasteiger partial charge in [0.15, 0.2) is 0 Å². The molecule has 1 atom stereocenters. The van der Waals surface area contributed by atoms with Crippen molar-refractivity contribution in [3.8, 4) is 0 Å². The van der Waals surface area contributed by atoms with Crippen molar-refractivity contribution in [3.63, 3.8) is 0 Å². The molecule has 0 aliphatic heterocycles. The van der Waals surface area contributed by atoms with Crippen molar-refractivity contribution in [2.45, 2.75) is 26.3 Å². The maximum Gasteiger partial charge on any atom is 0.0551 e. The van der Waals surface area contributed by atoms with Crippen LogP contribution in [0.5, 0.6) is 0 Å². The minimum atomic E-state index is -0.0617. The first-order valence-electron chi connectivity index (χ1n) is 7.59. The summed E-state index contributed by atoms with van der Waals surface area (Å²) in [5, 5.41) is 0. The van der Waals surface area contributed by atoms with Gasteiger partial charge in [-0.3, -0.25) is 0 Å². The average molecular weight is 282 g/mol. The second kappa shape index (κ2) is 6.77. The fourth-order valence-electron chi connectivity index (χ4n) is 2.56. The van der Waals surface area contributed by atoms with Gasteiger partial charge in [0.2, 0.25) is 0 Å². The molecule has 0 saturated carbocycles. The highest BCUT2D eigenvalue weighted by Gasteiger charge is 2.10. The number of hydrogen-bond acceptors (Lipinski definition) is 2. The number of benzene rings is 2. The summed E-state index contributed by atoms with van der Waals surface area (Å²) in [6, 6.07) is 17.1. The van der Waals surface area contributed by atoms with Gasteiger partial charge in [-0.15, -0.1) is 0 Å². The smallest absolute Gasteiger partial charge is 0.0551 e. The summed E-state index contributed by atoms with van der Waals surface area (Å²) in [6.45, 7) is 4.49. The minimum Gasteiger partial charge on any atom is -0.378 e. The molecule has 2 aromatic carbocycles. The summed E-state index contributed by atoms with van der Waals surface area (Å²) in [5.74, 6) is 0.663. The summed E-state index contributed by atoms with van der Waals surface area (Å²) in [7, 11) is 4.09. The third-order valence-electron chi connectivity index (χ3n) is 3.72. The van der Waals surface area contributed by atoms with Gasteiger partial charge in [-0.2, -0.15) is 0 Å². The molecule has 0 aromatic heterocycles. The van der Waals surface area contributed by atoms with E-state index in [1.165, 1.54) is 16.8 Å². The molecule has 0 aliphatic rings. The molecule has 0 saturated heterocycles. The molecular weight excluding hydrogens is 256 g/mol. The lowest BCUT2D eigenvalue weighted by Gasteiger charge is -2.17. The molecule has 0 amide bonds. The Morgan fingerprint density at radius 2 is 1.62 bits per heavy atom. The molecule has 1 unspecified atom stereocenters. The molecule has 0 heterocycles. The zero-order valence-electron chi connectivity index (χ0n) is 13.5. The Morgan fingerprint density at radius 3 is 2.19 bits per heavy atom. The summed E-state index contributed by atoms with van der Waals surface area (Å²) in [5.41, 5.74) is 11.3. The molecule has 2 aromatic rings. The molecule has 0 fully saturated rings. The molecule has 0 bridgehead atoms. The molecule has 0 radical (unpaired) electrons. The van der Waals surface area contributed by atoms with E-state index in [0.717, 1.165) is 12.0 Å². The van der Waals surface area contributed by atoms with E-state index in [0.29, 0.717) is 5.92 Å². The highest BCUT2D eigenvalue weighted by molar-refractivity contribution is 5.47. The molecule has 2 nitrogen and oxygen atoms in total. The van der Waals surface area contributed by atoms with Crippen LogP contribution in [-0.2, 0) is 6.42 Å². The van der Waals surface area contributed by atoms with Crippen LogP contribution in [0, 0.1) is 5.92 Å². The topological polar surface area (TPSA) is 29.3 Å². The first-order valence-corrected chi connectivity index (χ1v) is 7.59. The van der Waals surface area contributed by atoms with E-state index in [2.05, 4.69) is 67.3 Å². The van der Waals surface area contributed by atoms with Crippen molar-refractivity contribution in [1.82, 2.24) is 0 Å². The van der Waals surface area contributed by atoms with Crippen LogP contribution >= 0.6 is 0 Å². The van der Waals surface area contributed by atoms with Crippen LogP contribution in [0.25, 0.3) is 0 Å². The SMILES string of the molecule is CC(C)Cc1cccc(C(N)c2ccc(N(C)C)cc2)c1. The lowest BCUT2D eigenvalue weighted by Crippen LogP contribution is -2.13.